The molecule has 1 aromatic carbocycles. The fraction of sp³-hybridized carbons (Fsp3) is 0.500. The molecule has 0 atom stereocenters. The molecule has 0 saturated carbocycles. The number of likely N-dealkylation sites (N-methyl/N-ethyl adjacent to an activating group) is 1. The number of aryl methyl sites for hydroxylation is 1. The quantitative estimate of drug-likeness (QED) is 0.421. The summed E-state index contributed by atoms with van der Waals surface area (Å²) in [5.74, 6) is 0.882. The summed E-state index contributed by atoms with van der Waals surface area (Å²) in [6.45, 7) is 9.41. The molecule has 182 valence electrons. The van der Waals surface area contributed by atoms with Gasteiger partial charge in [0.2, 0.25) is 16.0 Å². The van der Waals surface area contributed by atoms with E-state index >= 15 is 0 Å². The molecule has 0 unspecified atom stereocenters. The van der Waals surface area contributed by atoms with Gasteiger partial charge >= 0.3 is 0 Å². The van der Waals surface area contributed by atoms with Crippen molar-refractivity contribution in [1.82, 2.24) is 19.9 Å². The molecule has 1 aliphatic carbocycles. The Kier molecular flexibility index (Phi) is 7.26. The second kappa shape index (κ2) is 10.2. The molecular weight excluding hydrogens is 444 g/mol. The number of hydrogen-bond acceptors (Lipinski definition) is 6. The van der Waals surface area contributed by atoms with Crippen molar-refractivity contribution in [3.8, 4) is 11.3 Å². The van der Waals surface area contributed by atoms with Crippen LogP contribution in [0.25, 0.3) is 16.2 Å². The highest BCUT2D eigenvalue weighted by atomic mass is 32.1. The number of rotatable bonds is 8. The first-order valence-electron chi connectivity index (χ1n) is 12.1. The average Bonchev–Trinajstić information content (AvgIpc) is 3.34. The molecule has 0 bridgehead atoms. The fourth-order valence-electron chi connectivity index (χ4n) is 4.11. The molecule has 1 amide bonds. The molecular formula is C26H36N6OS. The second-order valence-corrected chi connectivity index (χ2v) is 11.1. The predicted molar refractivity (Wildman–Crippen MR) is 142 cm³/mol. The lowest BCUT2D eigenvalue weighted by Gasteiger charge is -2.22. The summed E-state index contributed by atoms with van der Waals surface area (Å²) in [6, 6.07) is 8.38. The minimum atomic E-state index is -0.154. The van der Waals surface area contributed by atoms with Crippen molar-refractivity contribution in [2.24, 2.45) is 0 Å². The highest BCUT2D eigenvalue weighted by Crippen LogP contribution is 2.34. The van der Waals surface area contributed by atoms with Gasteiger partial charge in [0.15, 0.2) is 5.82 Å². The Balaban J connectivity index is 1.48. The number of fused-ring (bicyclic) bond motifs is 1. The maximum absolute atomic E-state index is 12.5. The van der Waals surface area contributed by atoms with E-state index in [0.29, 0.717) is 6.54 Å². The van der Waals surface area contributed by atoms with Crippen LogP contribution >= 0.6 is 11.3 Å². The molecule has 8 heteroatoms. The first kappa shape index (κ1) is 24.3. The van der Waals surface area contributed by atoms with Crippen molar-refractivity contribution >= 4 is 33.2 Å². The fourth-order valence-corrected chi connectivity index (χ4v) is 4.97. The van der Waals surface area contributed by atoms with Crippen molar-refractivity contribution in [3.05, 3.63) is 41.5 Å². The maximum atomic E-state index is 12.5. The highest BCUT2D eigenvalue weighted by molar-refractivity contribution is 7.20. The van der Waals surface area contributed by atoms with E-state index < -0.39 is 0 Å². The molecule has 2 N–H and O–H groups in total. The molecule has 34 heavy (non-hydrogen) atoms. The molecule has 0 fully saturated rings. The lowest BCUT2D eigenvalue weighted by atomic mass is 9.97. The zero-order valence-electron chi connectivity index (χ0n) is 20.9. The SMILES string of the molecule is Cc1ccc(-c2nc3sc(N(C)CC(=O)NCCC4=CCCCC4)nn3c2NC(C)(C)C)cc1. The number of carbonyl (C=O) groups excluding carboxylic acids is 1. The van der Waals surface area contributed by atoms with E-state index in [1.807, 2.05) is 16.5 Å². The topological polar surface area (TPSA) is 74.6 Å². The smallest absolute Gasteiger partial charge is 0.239 e. The van der Waals surface area contributed by atoms with Crippen molar-refractivity contribution in [1.29, 1.82) is 0 Å². The lowest BCUT2D eigenvalue weighted by molar-refractivity contribution is -0.119. The third-order valence-corrected chi connectivity index (χ3v) is 6.89. The van der Waals surface area contributed by atoms with Gasteiger partial charge in [0.05, 0.1) is 6.54 Å². The van der Waals surface area contributed by atoms with E-state index in [0.717, 1.165) is 33.6 Å². The number of amides is 1. The Morgan fingerprint density at radius 2 is 1.97 bits per heavy atom. The molecule has 0 spiro atoms. The number of aromatic nitrogens is 3. The van der Waals surface area contributed by atoms with Gasteiger partial charge in [0, 0.05) is 24.7 Å². The largest absolute Gasteiger partial charge is 0.364 e. The van der Waals surface area contributed by atoms with Crippen LogP contribution in [0.15, 0.2) is 35.9 Å². The first-order valence-corrected chi connectivity index (χ1v) is 12.9. The molecule has 1 aliphatic rings. The van der Waals surface area contributed by atoms with Crippen LogP contribution in [0.4, 0.5) is 10.9 Å². The Morgan fingerprint density at radius 3 is 2.65 bits per heavy atom. The zero-order chi connectivity index (χ0) is 24.3. The van der Waals surface area contributed by atoms with E-state index in [4.69, 9.17) is 10.1 Å². The number of benzene rings is 1. The Morgan fingerprint density at radius 1 is 1.21 bits per heavy atom. The third-order valence-electron chi connectivity index (χ3n) is 5.87. The molecule has 0 radical (unpaired) electrons. The standard InChI is InChI=1S/C26H36N6OS/c1-18-11-13-20(14-12-18)22-23(29-26(2,3)4)32-24(28-22)34-25(30-32)31(5)17-21(33)27-16-15-19-9-7-6-8-10-19/h9,11-14,29H,6-8,10,15-17H2,1-5H3,(H,27,33). The second-order valence-electron chi connectivity index (χ2n) is 10.2. The van der Waals surface area contributed by atoms with Gasteiger partial charge < -0.3 is 15.5 Å². The number of imidazole rings is 1. The van der Waals surface area contributed by atoms with Gasteiger partial charge in [0.25, 0.3) is 0 Å². The van der Waals surface area contributed by atoms with Crippen molar-refractivity contribution in [2.45, 2.75) is 65.3 Å². The monoisotopic (exact) mass is 480 g/mol. The van der Waals surface area contributed by atoms with Gasteiger partial charge in [-0.1, -0.05) is 52.8 Å². The van der Waals surface area contributed by atoms with Crippen molar-refractivity contribution < 1.29 is 4.79 Å². The molecule has 2 heterocycles. The summed E-state index contributed by atoms with van der Waals surface area (Å²) in [5, 5.41) is 12.2. The van der Waals surface area contributed by atoms with Crippen molar-refractivity contribution in [3.63, 3.8) is 0 Å². The Bertz CT molecular complexity index is 1170. The highest BCUT2D eigenvalue weighted by Gasteiger charge is 2.23. The minimum absolute atomic E-state index is 0.0140. The summed E-state index contributed by atoms with van der Waals surface area (Å²) in [5.41, 5.74) is 4.48. The first-order chi connectivity index (χ1) is 16.2. The van der Waals surface area contributed by atoms with Gasteiger partial charge in [0.1, 0.15) is 5.69 Å². The number of anilines is 2. The molecule has 0 aliphatic heterocycles. The van der Waals surface area contributed by atoms with Crippen LogP contribution in [-0.2, 0) is 4.79 Å². The van der Waals surface area contributed by atoms with Gasteiger partial charge in [-0.2, -0.15) is 4.52 Å². The summed E-state index contributed by atoms with van der Waals surface area (Å²) in [7, 11) is 1.90. The normalized spacial score (nSPS) is 14.2. The Labute approximate surface area is 206 Å². The Hall–Kier alpha value is -2.87. The van der Waals surface area contributed by atoms with E-state index in [1.54, 1.807) is 0 Å². The summed E-state index contributed by atoms with van der Waals surface area (Å²) in [6.07, 6.45) is 8.19. The van der Waals surface area contributed by atoms with Crippen LogP contribution in [0.3, 0.4) is 0 Å². The van der Waals surface area contributed by atoms with E-state index in [9.17, 15) is 4.79 Å². The average molecular weight is 481 g/mol. The zero-order valence-corrected chi connectivity index (χ0v) is 21.8. The van der Waals surface area contributed by atoms with Crippen LogP contribution in [0.2, 0.25) is 0 Å². The molecule has 0 saturated heterocycles. The third kappa shape index (κ3) is 5.97. The van der Waals surface area contributed by atoms with Gasteiger partial charge in [-0.05, 0) is 59.8 Å². The van der Waals surface area contributed by atoms with Gasteiger partial charge in [-0.3, -0.25) is 4.79 Å². The van der Waals surface area contributed by atoms with Gasteiger partial charge in [-0.25, -0.2) is 4.98 Å². The van der Waals surface area contributed by atoms with Crippen LogP contribution in [0, 0.1) is 6.92 Å². The summed E-state index contributed by atoms with van der Waals surface area (Å²) < 4.78 is 1.87. The van der Waals surface area contributed by atoms with Crippen LogP contribution in [-0.4, -0.2) is 46.2 Å². The lowest BCUT2D eigenvalue weighted by Crippen LogP contribution is -2.35. The summed E-state index contributed by atoms with van der Waals surface area (Å²) >= 11 is 1.49. The number of nitrogens with one attached hydrogen (secondary N) is 2. The molecule has 2 aromatic heterocycles. The number of carbonyl (C=O) groups is 1. The van der Waals surface area contributed by atoms with Crippen LogP contribution in [0.5, 0.6) is 0 Å². The number of allylic oxidation sites excluding steroid dienone is 1. The predicted octanol–water partition coefficient (Wildman–Crippen LogP) is 5.42. The molecule has 7 nitrogen and oxygen atoms in total. The minimum Gasteiger partial charge on any atom is -0.364 e. The number of hydrogen-bond donors (Lipinski definition) is 2. The van der Waals surface area contributed by atoms with E-state index in [2.05, 4.69) is 68.7 Å². The molecule has 3 aromatic rings. The van der Waals surface area contributed by atoms with Crippen LogP contribution in [0.1, 0.15) is 58.4 Å². The van der Waals surface area contributed by atoms with Gasteiger partial charge in [-0.15, -0.1) is 5.10 Å². The van der Waals surface area contributed by atoms with Crippen molar-refractivity contribution in [2.75, 3.05) is 30.4 Å². The summed E-state index contributed by atoms with van der Waals surface area (Å²) in [4.78, 5) is 20.1. The number of nitrogens with zero attached hydrogens (tertiary/aromatic N) is 4. The van der Waals surface area contributed by atoms with E-state index in [1.165, 1.54) is 48.2 Å². The van der Waals surface area contributed by atoms with E-state index in [-0.39, 0.29) is 18.0 Å². The van der Waals surface area contributed by atoms with Crippen LogP contribution < -0.4 is 15.5 Å². The molecule has 4 rings (SSSR count). The maximum Gasteiger partial charge on any atom is 0.239 e.